The topological polar surface area (TPSA) is 71.1 Å². The van der Waals surface area contributed by atoms with Gasteiger partial charge in [-0.3, -0.25) is 9.05 Å². The van der Waals surface area contributed by atoms with Gasteiger partial charge in [0.25, 0.3) is 0 Å². The molecule has 0 radical (unpaired) electrons. The average molecular weight is 306 g/mol. The van der Waals surface area contributed by atoms with Crippen molar-refractivity contribution in [3.8, 4) is 0 Å². The first-order valence-corrected chi connectivity index (χ1v) is 8.36. The highest BCUT2D eigenvalue weighted by Gasteiger charge is 2.30. The van der Waals surface area contributed by atoms with E-state index in [2.05, 4.69) is 4.74 Å². The number of carbonyl (C=O) groups excluding carboxylic acids is 1. The van der Waals surface area contributed by atoms with Gasteiger partial charge in [-0.05, 0) is 26.2 Å². The Kier molecular flexibility index (Phi) is 7.27. The Balaban J connectivity index is 2.70. The van der Waals surface area contributed by atoms with Crippen molar-refractivity contribution in [3.05, 3.63) is 11.8 Å². The SMILES string of the molecule is CCOP(=O)(OCC)OC(=CC(=O)OC)CCC1CC1. The first-order chi connectivity index (χ1) is 9.53. The maximum Gasteiger partial charge on any atom is 0.529 e. The predicted molar refractivity (Wildman–Crippen MR) is 74.0 cm³/mol. The lowest BCUT2D eigenvalue weighted by molar-refractivity contribution is -0.135. The van der Waals surface area contributed by atoms with Gasteiger partial charge in [0.05, 0.1) is 26.4 Å². The molecule has 0 aromatic heterocycles. The fourth-order valence-corrected chi connectivity index (χ4v) is 2.88. The molecule has 20 heavy (non-hydrogen) atoms. The number of phosphoric acid groups is 1. The fraction of sp³-hybridized carbons (Fsp3) is 0.769. The fourth-order valence-electron chi connectivity index (χ4n) is 1.64. The number of methoxy groups -OCH3 is 1. The summed E-state index contributed by atoms with van der Waals surface area (Å²) in [5, 5.41) is 0. The summed E-state index contributed by atoms with van der Waals surface area (Å²) in [5.41, 5.74) is 0. The molecule has 0 unspecified atom stereocenters. The first kappa shape index (κ1) is 17.2. The van der Waals surface area contributed by atoms with Crippen molar-refractivity contribution in [2.24, 2.45) is 5.92 Å². The third-order valence-corrected chi connectivity index (χ3v) is 4.39. The molecule has 116 valence electrons. The van der Waals surface area contributed by atoms with Crippen LogP contribution in [0.1, 0.15) is 39.5 Å². The maximum absolute atomic E-state index is 12.3. The monoisotopic (exact) mass is 306 g/mol. The van der Waals surface area contributed by atoms with Gasteiger partial charge in [0.15, 0.2) is 0 Å². The van der Waals surface area contributed by atoms with E-state index in [4.69, 9.17) is 13.6 Å². The minimum Gasteiger partial charge on any atom is -0.466 e. The molecule has 1 saturated carbocycles. The molecule has 0 aliphatic heterocycles. The van der Waals surface area contributed by atoms with Crippen LogP contribution in [0.5, 0.6) is 0 Å². The van der Waals surface area contributed by atoms with Crippen molar-refractivity contribution in [1.29, 1.82) is 0 Å². The van der Waals surface area contributed by atoms with Gasteiger partial charge in [-0.15, -0.1) is 0 Å². The zero-order valence-corrected chi connectivity index (χ0v) is 13.2. The summed E-state index contributed by atoms with van der Waals surface area (Å²) in [5.74, 6) is 0.405. The van der Waals surface area contributed by atoms with Crippen LogP contribution in [0.25, 0.3) is 0 Å². The van der Waals surface area contributed by atoms with Gasteiger partial charge in [-0.2, -0.15) is 0 Å². The lowest BCUT2D eigenvalue weighted by atomic mass is 10.2. The highest BCUT2D eigenvalue weighted by atomic mass is 31.2. The highest BCUT2D eigenvalue weighted by molar-refractivity contribution is 7.48. The van der Waals surface area contributed by atoms with Gasteiger partial charge in [0.1, 0.15) is 5.76 Å². The second kappa shape index (κ2) is 8.45. The van der Waals surface area contributed by atoms with E-state index >= 15 is 0 Å². The van der Waals surface area contributed by atoms with Gasteiger partial charge in [0.2, 0.25) is 0 Å². The van der Waals surface area contributed by atoms with E-state index in [1.165, 1.54) is 26.0 Å². The number of ether oxygens (including phenoxy) is 1. The Hall–Kier alpha value is -0.840. The number of hydrogen-bond acceptors (Lipinski definition) is 6. The number of hydrogen-bond donors (Lipinski definition) is 0. The van der Waals surface area contributed by atoms with Crippen LogP contribution in [0.3, 0.4) is 0 Å². The number of esters is 1. The van der Waals surface area contributed by atoms with Gasteiger partial charge >= 0.3 is 13.8 Å². The molecule has 1 rings (SSSR count). The van der Waals surface area contributed by atoms with Gasteiger partial charge in [-0.1, -0.05) is 12.8 Å². The molecule has 0 saturated heterocycles. The van der Waals surface area contributed by atoms with E-state index in [0.29, 0.717) is 12.3 Å². The Labute approximate surface area is 120 Å². The molecular weight excluding hydrogens is 283 g/mol. The smallest absolute Gasteiger partial charge is 0.466 e. The van der Waals surface area contributed by atoms with Crippen LogP contribution in [0.4, 0.5) is 0 Å². The molecule has 0 atom stereocenters. The Bertz CT molecular complexity index is 378. The van der Waals surface area contributed by atoms with Crippen LogP contribution in [-0.4, -0.2) is 26.3 Å². The standard InChI is InChI=1S/C13H23O6P/c1-4-17-20(15,18-5-2)19-12(10-13(14)16-3)9-8-11-6-7-11/h10-11H,4-9H2,1-3H3. The summed E-state index contributed by atoms with van der Waals surface area (Å²) in [4.78, 5) is 11.3. The quantitative estimate of drug-likeness (QED) is 0.266. The lowest BCUT2D eigenvalue weighted by Gasteiger charge is -2.19. The molecule has 0 amide bonds. The Morgan fingerprint density at radius 3 is 2.30 bits per heavy atom. The van der Waals surface area contributed by atoms with Crippen LogP contribution in [-0.2, 0) is 27.7 Å². The van der Waals surface area contributed by atoms with Crippen molar-refractivity contribution in [2.75, 3.05) is 20.3 Å². The van der Waals surface area contributed by atoms with Gasteiger partial charge in [-0.25, -0.2) is 9.36 Å². The van der Waals surface area contributed by atoms with E-state index < -0.39 is 13.8 Å². The third-order valence-electron chi connectivity index (χ3n) is 2.78. The number of carbonyl (C=O) groups is 1. The summed E-state index contributed by atoms with van der Waals surface area (Å²) in [6.45, 7) is 3.79. The van der Waals surface area contributed by atoms with Gasteiger partial charge in [0, 0.05) is 6.42 Å². The van der Waals surface area contributed by atoms with E-state index in [1.807, 2.05) is 0 Å². The van der Waals surface area contributed by atoms with Crippen LogP contribution < -0.4 is 0 Å². The Morgan fingerprint density at radius 2 is 1.85 bits per heavy atom. The summed E-state index contributed by atoms with van der Waals surface area (Å²) < 4.78 is 32.3. The summed E-state index contributed by atoms with van der Waals surface area (Å²) in [7, 11) is -2.38. The lowest BCUT2D eigenvalue weighted by Crippen LogP contribution is -2.04. The van der Waals surface area contributed by atoms with E-state index in [9.17, 15) is 9.36 Å². The van der Waals surface area contributed by atoms with Crippen molar-refractivity contribution < 1.29 is 27.7 Å². The molecule has 0 N–H and O–H groups in total. The predicted octanol–water partition coefficient (Wildman–Crippen LogP) is 3.43. The summed E-state index contributed by atoms with van der Waals surface area (Å²) in [6, 6.07) is 0. The number of allylic oxidation sites excluding steroid dienone is 1. The molecule has 0 spiro atoms. The zero-order valence-electron chi connectivity index (χ0n) is 12.3. The van der Waals surface area contributed by atoms with Crippen molar-refractivity contribution in [1.82, 2.24) is 0 Å². The second-order valence-electron chi connectivity index (χ2n) is 4.49. The minimum absolute atomic E-state index is 0.200. The van der Waals surface area contributed by atoms with Gasteiger partial charge < -0.3 is 9.26 Å². The largest absolute Gasteiger partial charge is 0.529 e. The Morgan fingerprint density at radius 1 is 1.25 bits per heavy atom. The molecular formula is C13H23O6P. The normalized spacial score (nSPS) is 16.1. The zero-order chi connectivity index (χ0) is 15.0. The molecule has 0 aromatic carbocycles. The molecule has 1 fully saturated rings. The van der Waals surface area contributed by atoms with Crippen LogP contribution in [0.2, 0.25) is 0 Å². The average Bonchev–Trinajstić information content (AvgIpc) is 3.20. The third kappa shape index (κ3) is 6.55. The first-order valence-electron chi connectivity index (χ1n) is 6.90. The van der Waals surface area contributed by atoms with Crippen molar-refractivity contribution >= 4 is 13.8 Å². The highest BCUT2D eigenvalue weighted by Crippen LogP contribution is 2.52. The van der Waals surface area contributed by atoms with Crippen LogP contribution in [0.15, 0.2) is 11.8 Å². The van der Waals surface area contributed by atoms with E-state index in [0.717, 1.165) is 6.42 Å². The second-order valence-corrected chi connectivity index (χ2v) is 6.08. The number of phosphoric ester groups is 1. The van der Waals surface area contributed by atoms with Crippen LogP contribution >= 0.6 is 7.82 Å². The summed E-state index contributed by atoms with van der Waals surface area (Å²) >= 11 is 0. The maximum atomic E-state index is 12.3. The molecule has 1 aliphatic rings. The van der Waals surface area contributed by atoms with E-state index in [-0.39, 0.29) is 19.0 Å². The molecule has 7 heteroatoms. The molecule has 1 aliphatic carbocycles. The van der Waals surface area contributed by atoms with E-state index in [1.54, 1.807) is 13.8 Å². The molecule has 0 aromatic rings. The summed E-state index contributed by atoms with van der Waals surface area (Å²) in [6.07, 6.45) is 5.00. The number of rotatable bonds is 10. The molecule has 6 nitrogen and oxygen atoms in total. The molecule has 0 bridgehead atoms. The molecule has 0 heterocycles. The van der Waals surface area contributed by atoms with Crippen molar-refractivity contribution in [3.63, 3.8) is 0 Å². The van der Waals surface area contributed by atoms with Crippen LogP contribution in [0, 0.1) is 5.92 Å². The minimum atomic E-state index is -3.66. The van der Waals surface area contributed by atoms with Crippen molar-refractivity contribution in [2.45, 2.75) is 39.5 Å².